The summed E-state index contributed by atoms with van der Waals surface area (Å²) < 4.78 is 25.2. The average Bonchev–Trinajstić information content (AvgIpc) is 3.99. The molecule has 5 amide bonds. The van der Waals surface area contributed by atoms with Crippen molar-refractivity contribution in [3.05, 3.63) is 23.8 Å². The van der Waals surface area contributed by atoms with Gasteiger partial charge in [-0.3, -0.25) is 61.6 Å². The maximum absolute atomic E-state index is 14.1. The summed E-state index contributed by atoms with van der Waals surface area (Å²) in [4.78, 5) is 158. The van der Waals surface area contributed by atoms with E-state index >= 15 is 0 Å². The molecule has 0 saturated heterocycles. The van der Waals surface area contributed by atoms with Crippen molar-refractivity contribution < 1.29 is 77.0 Å². The molecule has 0 radical (unpaired) electrons. The number of nitrogens with zero attached hydrogens (tertiary/aromatic N) is 6. The van der Waals surface area contributed by atoms with Crippen molar-refractivity contribution in [2.75, 3.05) is 25.5 Å². The van der Waals surface area contributed by atoms with Gasteiger partial charge in [-0.25, -0.2) is 0 Å². The minimum atomic E-state index is -4.43. The normalized spacial score (nSPS) is 15.5. The summed E-state index contributed by atoms with van der Waals surface area (Å²) in [5, 5.41) is 38.4. The van der Waals surface area contributed by atoms with Crippen LogP contribution in [0.5, 0.6) is 0 Å². The molecule has 0 unspecified atom stereocenters. The Labute approximate surface area is 440 Å². The van der Waals surface area contributed by atoms with Crippen LogP contribution in [0.3, 0.4) is 0 Å². The van der Waals surface area contributed by atoms with Gasteiger partial charge in [-0.1, -0.05) is 24.3 Å². The molecule has 2 heterocycles. The van der Waals surface area contributed by atoms with Crippen molar-refractivity contribution in [1.29, 1.82) is 0 Å². The first kappa shape index (κ1) is 66.6. The Morgan fingerprint density at radius 3 is 1.47 bits per heavy atom. The van der Waals surface area contributed by atoms with Gasteiger partial charge in [0, 0.05) is 68.8 Å². The molecule has 428 valence electrons. The summed E-state index contributed by atoms with van der Waals surface area (Å²) >= 11 is 0. The van der Waals surface area contributed by atoms with Gasteiger partial charge >= 0.3 is 15.2 Å². The molecular weight excluding hydrogens is 1040 g/mol. The first-order chi connectivity index (χ1) is 35.3. The lowest BCUT2D eigenvalue weighted by molar-refractivity contribution is -0.135. The van der Waals surface area contributed by atoms with Crippen LogP contribution < -0.4 is 38.1 Å². The van der Waals surface area contributed by atoms with Gasteiger partial charge in [0.2, 0.25) is 29.5 Å². The van der Waals surface area contributed by atoms with Crippen LogP contribution in [0.4, 0.5) is 0 Å². The van der Waals surface area contributed by atoms with E-state index in [0.29, 0.717) is 19.4 Å². The number of aliphatic hydroxyl groups is 1. The number of rotatable bonds is 37. The van der Waals surface area contributed by atoms with E-state index in [4.69, 9.17) is 11.5 Å². The SMILES string of the molecule is CC(C)NC(=O)[C@H](CO)CC(=O)[C@H](CCCCN)NC(=O)[C@H](C)CC(=O)[C@H](Cc1cn(CCP(=O)(O)O)nn1)NC(=O)[C@H](C)CC(=O)[C@H](C)NC(=O)[C@@H](CC(=O)[C@H](C)NC(=O)[C@H](C)N)Cc1cn(CCP(=O)(O)O)nn1. The highest BCUT2D eigenvalue weighted by Gasteiger charge is 2.34. The number of nitrogens with two attached hydrogens (primary N) is 2. The molecule has 2 rings (SSSR count). The van der Waals surface area contributed by atoms with Gasteiger partial charge in [0.05, 0.1) is 85.5 Å². The molecule has 0 aliphatic carbocycles. The number of hydrogen-bond donors (Lipinski definition) is 12. The molecule has 14 N–H and O–H groups in total. The molecule has 0 bridgehead atoms. The number of hydrogen-bond acceptors (Lipinski definition) is 18. The van der Waals surface area contributed by atoms with Gasteiger partial charge in [0.1, 0.15) is 0 Å². The Balaban J connectivity index is 2.31. The zero-order valence-electron chi connectivity index (χ0n) is 44.0. The third-order valence-corrected chi connectivity index (χ3v) is 13.5. The maximum Gasteiger partial charge on any atom is 0.327 e. The van der Waals surface area contributed by atoms with E-state index in [0.717, 1.165) is 9.36 Å². The summed E-state index contributed by atoms with van der Waals surface area (Å²) in [6.07, 6.45) is 0.196. The van der Waals surface area contributed by atoms with E-state index in [9.17, 15) is 77.0 Å². The van der Waals surface area contributed by atoms with Crippen LogP contribution in [-0.4, -0.2) is 169 Å². The predicted molar refractivity (Wildman–Crippen MR) is 271 cm³/mol. The molecule has 2 aromatic heterocycles. The second-order valence-electron chi connectivity index (χ2n) is 19.5. The van der Waals surface area contributed by atoms with Gasteiger partial charge in [-0.2, -0.15) is 0 Å². The van der Waals surface area contributed by atoms with Crippen molar-refractivity contribution in [2.45, 2.75) is 156 Å². The quantitative estimate of drug-likeness (QED) is 0.0242. The van der Waals surface area contributed by atoms with E-state index in [-0.39, 0.29) is 56.2 Å². The van der Waals surface area contributed by atoms with Crippen LogP contribution in [0.15, 0.2) is 12.4 Å². The number of aromatic nitrogens is 6. The van der Waals surface area contributed by atoms with Gasteiger partial charge in [-0.15, -0.1) is 10.2 Å². The molecule has 29 nitrogen and oxygen atoms in total. The fourth-order valence-electron chi connectivity index (χ4n) is 7.34. The summed E-state index contributed by atoms with van der Waals surface area (Å²) in [7, 11) is -8.83. The zero-order valence-corrected chi connectivity index (χ0v) is 45.8. The van der Waals surface area contributed by atoms with Crippen molar-refractivity contribution in [3.8, 4) is 0 Å². The molecule has 0 spiro atoms. The minimum Gasteiger partial charge on any atom is -0.396 e. The molecule has 0 saturated carbocycles. The molecular formula is C45H77N13O16P2. The topological polar surface area (TPSA) is 463 Å². The number of nitrogens with one attached hydrogen (secondary N) is 5. The summed E-state index contributed by atoms with van der Waals surface area (Å²) in [6, 6.07) is -6.06. The smallest absolute Gasteiger partial charge is 0.327 e. The highest BCUT2D eigenvalue weighted by atomic mass is 31.2. The number of amides is 5. The van der Waals surface area contributed by atoms with Crippen LogP contribution in [0.25, 0.3) is 0 Å². The number of ketones is 4. The molecule has 2 aromatic rings. The highest BCUT2D eigenvalue weighted by molar-refractivity contribution is 7.52. The largest absolute Gasteiger partial charge is 0.396 e. The van der Waals surface area contributed by atoms with Crippen molar-refractivity contribution in [2.24, 2.45) is 35.1 Å². The van der Waals surface area contributed by atoms with Crippen LogP contribution in [0.2, 0.25) is 0 Å². The Bertz CT molecular complexity index is 2400. The first-order valence-electron chi connectivity index (χ1n) is 24.9. The standard InChI is InChI=1S/C45H77N13O16P2/c1-25(2)48-45(68)32(24-59)20-40(63)35(10-8-9-11-46)51-41(64)27(4)17-39(62)36(21-34-23-58(56-54-34)13-15-76(72,73)74)52-42(65)26(3)16-37(60)29(6)50-44(67)31(19-38(61)30(7)49-43(66)28(5)47)18-33-22-57(55-53-33)12-14-75(69,70)71/h22-23,25-32,35-36,59H,8-21,24,46-47H2,1-7H3,(H,48,68)(H,49,66)(H,50,67)(H,51,64)(H,52,65)(H2,69,70,71)(H2,72,73,74)/t26-,27-,28+,29+,30+,31-,32+,35+,36+/m1/s1. The number of carbonyl (C=O) groups is 9. The van der Waals surface area contributed by atoms with Gasteiger partial charge in [-0.05, 0) is 60.4 Å². The van der Waals surface area contributed by atoms with Crippen molar-refractivity contribution in [1.82, 2.24) is 56.6 Å². The summed E-state index contributed by atoms with van der Waals surface area (Å²) in [5.41, 5.74) is 11.5. The van der Waals surface area contributed by atoms with Gasteiger partial charge in [0.15, 0.2) is 23.1 Å². The van der Waals surface area contributed by atoms with Gasteiger partial charge in [0.25, 0.3) is 0 Å². The van der Waals surface area contributed by atoms with E-state index in [1.165, 1.54) is 47.0 Å². The number of aliphatic hydroxyl groups excluding tert-OH is 1. The molecule has 0 aliphatic rings. The van der Waals surface area contributed by atoms with Crippen molar-refractivity contribution >= 4 is 67.9 Å². The average molecular weight is 1120 g/mol. The number of carbonyl (C=O) groups excluding carboxylic acids is 9. The summed E-state index contributed by atoms with van der Waals surface area (Å²) in [6.45, 7) is 9.57. The fraction of sp³-hybridized carbons (Fsp3) is 0.711. The van der Waals surface area contributed by atoms with Crippen LogP contribution in [0.1, 0.15) is 105 Å². The van der Waals surface area contributed by atoms with E-state index in [1.54, 1.807) is 13.8 Å². The van der Waals surface area contributed by atoms with Crippen molar-refractivity contribution in [3.63, 3.8) is 0 Å². The van der Waals surface area contributed by atoms with Crippen LogP contribution in [0, 0.1) is 23.7 Å². The first-order valence-corrected chi connectivity index (χ1v) is 28.5. The third kappa shape index (κ3) is 25.1. The number of Topliss-reactive ketones (excluding diaryl/α,β-unsaturated/α-hetero) is 4. The molecule has 0 fully saturated rings. The zero-order chi connectivity index (χ0) is 57.7. The lowest BCUT2D eigenvalue weighted by Crippen LogP contribution is -2.48. The lowest BCUT2D eigenvalue weighted by Gasteiger charge is -2.24. The van der Waals surface area contributed by atoms with E-state index in [1.807, 2.05) is 0 Å². The second kappa shape index (κ2) is 31.6. The number of aryl methyl sites for hydroxylation is 2. The molecule has 9 atom stereocenters. The molecule has 31 heteroatoms. The van der Waals surface area contributed by atoms with Gasteiger partial charge < -0.3 is 62.7 Å². The fourth-order valence-corrected chi connectivity index (χ4v) is 8.27. The maximum atomic E-state index is 14.1. The van der Waals surface area contributed by atoms with E-state index in [2.05, 4.69) is 47.2 Å². The Hall–Kier alpha value is -5.51. The summed E-state index contributed by atoms with van der Waals surface area (Å²) in [5.74, 6) is -10.5. The Morgan fingerprint density at radius 2 is 1.00 bits per heavy atom. The monoisotopic (exact) mass is 1120 g/mol. The third-order valence-electron chi connectivity index (χ3n) is 11.9. The predicted octanol–water partition coefficient (Wildman–Crippen LogP) is -2.68. The lowest BCUT2D eigenvalue weighted by atomic mass is 9.92. The molecule has 0 aliphatic heterocycles. The minimum absolute atomic E-state index is 0.106. The molecule has 0 aromatic carbocycles. The van der Waals surface area contributed by atoms with Crippen LogP contribution in [-0.2, 0) is 78.2 Å². The highest BCUT2D eigenvalue weighted by Crippen LogP contribution is 2.34. The number of unbranched alkanes of at least 4 members (excludes halogenated alkanes) is 1. The van der Waals surface area contributed by atoms with E-state index < -0.39 is 160 Å². The molecule has 76 heavy (non-hydrogen) atoms. The Kier molecular flexibility index (Phi) is 27.7. The second-order valence-corrected chi connectivity index (χ2v) is 23.1. The Morgan fingerprint density at radius 1 is 0.566 bits per heavy atom. The van der Waals surface area contributed by atoms with Crippen LogP contribution >= 0.6 is 15.2 Å².